The summed E-state index contributed by atoms with van der Waals surface area (Å²) in [4.78, 5) is 2.48. The van der Waals surface area contributed by atoms with Crippen LogP contribution in [-0.2, 0) is 0 Å². The number of ether oxygens (including phenoxy) is 1. The third-order valence-electron chi connectivity index (χ3n) is 4.08. The topological polar surface area (TPSA) is 38.5 Å². The average Bonchev–Trinajstić information content (AvgIpc) is 2.62. The van der Waals surface area contributed by atoms with Crippen molar-refractivity contribution in [2.75, 3.05) is 25.1 Å². The molecule has 2 rings (SSSR count). The highest BCUT2D eigenvalue weighted by molar-refractivity contribution is 5.60. The molecule has 0 radical (unpaired) electrons. The van der Waals surface area contributed by atoms with Crippen molar-refractivity contribution < 1.29 is 4.74 Å². The quantitative estimate of drug-likeness (QED) is 0.908. The van der Waals surface area contributed by atoms with Crippen molar-refractivity contribution in [3.8, 4) is 5.75 Å². The Balaban J connectivity index is 2.32. The second-order valence-corrected chi connectivity index (χ2v) is 5.70. The molecule has 0 aromatic heterocycles. The molecular weight excluding hydrogens is 236 g/mol. The molecule has 0 aliphatic carbocycles. The van der Waals surface area contributed by atoms with Crippen molar-refractivity contribution in [3.63, 3.8) is 0 Å². The molecule has 1 saturated heterocycles. The monoisotopic (exact) mass is 262 g/mol. The first-order chi connectivity index (χ1) is 9.13. The van der Waals surface area contributed by atoms with Crippen LogP contribution < -0.4 is 15.4 Å². The lowest BCUT2D eigenvalue weighted by molar-refractivity contribution is 0.407. The molecule has 2 atom stereocenters. The van der Waals surface area contributed by atoms with Crippen molar-refractivity contribution in [3.05, 3.63) is 23.8 Å². The molecule has 106 valence electrons. The third kappa shape index (κ3) is 3.21. The lowest BCUT2D eigenvalue weighted by Crippen LogP contribution is -2.26. The maximum Gasteiger partial charge on any atom is 0.125 e. The number of rotatable bonds is 3. The first-order valence-electron chi connectivity index (χ1n) is 7.31. The van der Waals surface area contributed by atoms with E-state index >= 15 is 0 Å². The SMILES string of the molecule is COc1cccc(N2CCCC(C)CC2)c1[C@H](C)N. The van der Waals surface area contributed by atoms with Crippen LogP contribution >= 0.6 is 0 Å². The van der Waals surface area contributed by atoms with Gasteiger partial charge in [-0.25, -0.2) is 0 Å². The largest absolute Gasteiger partial charge is 0.496 e. The van der Waals surface area contributed by atoms with Gasteiger partial charge in [0, 0.05) is 30.4 Å². The summed E-state index contributed by atoms with van der Waals surface area (Å²) in [6.45, 7) is 6.62. The molecule has 0 bridgehead atoms. The molecule has 0 amide bonds. The van der Waals surface area contributed by atoms with Gasteiger partial charge in [-0.1, -0.05) is 13.0 Å². The Bertz CT molecular complexity index is 417. The van der Waals surface area contributed by atoms with Gasteiger partial charge in [-0.05, 0) is 44.2 Å². The normalized spacial score (nSPS) is 21.9. The van der Waals surface area contributed by atoms with E-state index in [4.69, 9.17) is 10.5 Å². The van der Waals surface area contributed by atoms with Gasteiger partial charge >= 0.3 is 0 Å². The van der Waals surface area contributed by atoms with Gasteiger partial charge in [-0.2, -0.15) is 0 Å². The van der Waals surface area contributed by atoms with Crippen LogP contribution in [0.3, 0.4) is 0 Å². The molecule has 1 aromatic rings. The van der Waals surface area contributed by atoms with Gasteiger partial charge in [0.1, 0.15) is 5.75 Å². The Labute approximate surface area is 116 Å². The number of nitrogens with two attached hydrogens (primary N) is 1. The number of methoxy groups -OCH3 is 1. The summed E-state index contributed by atoms with van der Waals surface area (Å²) >= 11 is 0. The zero-order valence-corrected chi connectivity index (χ0v) is 12.4. The molecule has 1 unspecified atom stereocenters. The van der Waals surface area contributed by atoms with Gasteiger partial charge in [0.2, 0.25) is 0 Å². The lowest BCUT2D eigenvalue weighted by atomic mass is 10.0. The highest BCUT2D eigenvalue weighted by Crippen LogP contribution is 2.35. The van der Waals surface area contributed by atoms with E-state index in [2.05, 4.69) is 24.0 Å². The van der Waals surface area contributed by atoms with Crippen molar-refractivity contribution >= 4 is 5.69 Å². The minimum absolute atomic E-state index is 0.00757. The number of nitrogens with zero attached hydrogens (tertiary/aromatic N) is 1. The van der Waals surface area contributed by atoms with Crippen LogP contribution in [0.5, 0.6) is 5.75 Å². The van der Waals surface area contributed by atoms with Gasteiger partial charge in [-0.15, -0.1) is 0 Å². The van der Waals surface area contributed by atoms with Crippen molar-refractivity contribution in [2.24, 2.45) is 11.7 Å². The van der Waals surface area contributed by atoms with Crippen LogP contribution in [-0.4, -0.2) is 20.2 Å². The molecule has 3 nitrogen and oxygen atoms in total. The van der Waals surface area contributed by atoms with Crippen molar-refractivity contribution in [1.29, 1.82) is 0 Å². The summed E-state index contributed by atoms with van der Waals surface area (Å²) in [5, 5.41) is 0. The van der Waals surface area contributed by atoms with Gasteiger partial charge < -0.3 is 15.4 Å². The zero-order chi connectivity index (χ0) is 13.8. The van der Waals surface area contributed by atoms with E-state index in [1.54, 1.807) is 7.11 Å². The number of anilines is 1. The highest BCUT2D eigenvalue weighted by atomic mass is 16.5. The van der Waals surface area contributed by atoms with Gasteiger partial charge in [-0.3, -0.25) is 0 Å². The lowest BCUT2D eigenvalue weighted by Gasteiger charge is -2.28. The molecule has 1 aliphatic rings. The Kier molecular flexibility index (Phi) is 4.70. The second-order valence-electron chi connectivity index (χ2n) is 5.70. The van der Waals surface area contributed by atoms with E-state index in [9.17, 15) is 0 Å². The minimum atomic E-state index is -0.00757. The summed E-state index contributed by atoms with van der Waals surface area (Å²) in [6.07, 6.45) is 3.85. The van der Waals surface area contributed by atoms with Crippen LogP contribution in [0, 0.1) is 5.92 Å². The number of benzene rings is 1. The van der Waals surface area contributed by atoms with E-state index in [1.165, 1.54) is 24.9 Å². The fourth-order valence-corrected chi connectivity index (χ4v) is 2.95. The Morgan fingerprint density at radius 2 is 2.11 bits per heavy atom. The fraction of sp³-hybridized carbons (Fsp3) is 0.625. The summed E-state index contributed by atoms with van der Waals surface area (Å²) in [5.74, 6) is 1.74. The predicted molar refractivity (Wildman–Crippen MR) is 80.8 cm³/mol. The predicted octanol–water partition coefficient (Wildman–Crippen LogP) is 3.34. The van der Waals surface area contributed by atoms with Crippen LogP contribution in [0.2, 0.25) is 0 Å². The van der Waals surface area contributed by atoms with Gasteiger partial charge in [0.15, 0.2) is 0 Å². The third-order valence-corrected chi connectivity index (χ3v) is 4.08. The van der Waals surface area contributed by atoms with E-state index in [0.29, 0.717) is 0 Å². The molecule has 1 aromatic carbocycles. The smallest absolute Gasteiger partial charge is 0.125 e. The van der Waals surface area contributed by atoms with Crippen molar-refractivity contribution in [1.82, 2.24) is 0 Å². The first kappa shape index (κ1) is 14.2. The molecule has 0 spiro atoms. The number of hydrogen-bond donors (Lipinski definition) is 1. The molecule has 1 heterocycles. The number of hydrogen-bond acceptors (Lipinski definition) is 3. The zero-order valence-electron chi connectivity index (χ0n) is 12.4. The Morgan fingerprint density at radius 3 is 2.79 bits per heavy atom. The molecule has 2 N–H and O–H groups in total. The molecule has 0 saturated carbocycles. The molecule has 1 fully saturated rings. The van der Waals surface area contributed by atoms with Gasteiger partial charge in [0.05, 0.1) is 7.11 Å². The van der Waals surface area contributed by atoms with Crippen LogP contribution in [0.1, 0.15) is 44.7 Å². The summed E-state index contributed by atoms with van der Waals surface area (Å²) < 4.78 is 5.48. The maximum absolute atomic E-state index is 6.16. The van der Waals surface area contributed by atoms with Gasteiger partial charge in [0.25, 0.3) is 0 Å². The molecule has 1 aliphatic heterocycles. The average molecular weight is 262 g/mol. The van der Waals surface area contributed by atoms with E-state index in [1.807, 2.05) is 13.0 Å². The summed E-state index contributed by atoms with van der Waals surface area (Å²) in [7, 11) is 1.72. The van der Waals surface area contributed by atoms with E-state index in [-0.39, 0.29) is 6.04 Å². The maximum atomic E-state index is 6.16. The standard InChI is InChI=1S/C16H26N2O/c1-12-6-5-10-18(11-9-12)14-7-4-8-15(19-3)16(14)13(2)17/h4,7-8,12-13H,5-6,9-11,17H2,1-3H3/t12?,13-/m0/s1. The van der Waals surface area contributed by atoms with Crippen LogP contribution in [0.4, 0.5) is 5.69 Å². The van der Waals surface area contributed by atoms with E-state index < -0.39 is 0 Å². The molecule has 3 heteroatoms. The Hall–Kier alpha value is -1.22. The highest BCUT2D eigenvalue weighted by Gasteiger charge is 2.20. The van der Waals surface area contributed by atoms with Crippen molar-refractivity contribution in [2.45, 2.75) is 39.2 Å². The van der Waals surface area contributed by atoms with E-state index in [0.717, 1.165) is 30.3 Å². The van der Waals surface area contributed by atoms with Crippen LogP contribution in [0.25, 0.3) is 0 Å². The Morgan fingerprint density at radius 1 is 1.32 bits per heavy atom. The first-order valence-corrected chi connectivity index (χ1v) is 7.31. The molecule has 19 heavy (non-hydrogen) atoms. The van der Waals surface area contributed by atoms with Crippen LogP contribution in [0.15, 0.2) is 18.2 Å². The fourth-order valence-electron chi connectivity index (χ4n) is 2.95. The summed E-state index contributed by atoms with van der Waals surface area (Å²) in [6, 6.07) is 6.24. The molecular formula is C16H26N2O. The minimum Gasteiger partial charge on any atom is -0.496 e. The summed E-state index contributed by atoms with van der Waals surface area (Å²) in [5.41, 5.74) is 8.55. The second kappa shape index (κ2) is 6.29.